The summed E-state index contributed by atoms with van der Waals surface area (Å²) in [6.45, 7) is 6.63. The number of ether oxygens (including phenoxy) is 1. The van der Waals surface area contributed by atoms with Crippen LogP contribution in [0.5, 0.6) is 0 Å². The maximum atomic E-state index is 12.1. The highest BCUT2D eigenvalue weighted by atomic mass is 32.1. The molecule has 1 amide bonds. The average molecular weight is 332 g/mol. The molecule has 1 atom stereocenters. The van der Waals surface area contributed by atoms with Crippen LogP contribution < -0.4 is 5.32 Å². The molecule has 1 aromatic heterocycles. The molecule has 6 nitrogen and oxygen atoms in total. The molecule has 1 aliphatic heterocycles. The van der Waals surface area contributed by atoms with Crippen LogP contribution in [-0.4, -0.2) is 47.2 Å². The molecule has 1 unspecified atom stereocenters. The first-order valence-corrected chi connectivity index (χ1v) is 8.47. The number of carbonyl (C=O) groups excluding carboxylic acids is 1. The molecule has 122 valence electrons. The van der Waals surface area contributed by atoms with E-state index >= 15 is 0 Å². The second kappa shape index (κ2) is 7.16. The smallest absolute Gasteiger partial charge is 0.240 e. The van der Waals surface area contributed by atoms with E-state index in [4.69, 9.17) is 4.74 Å². The number of anilines is 1. The van der Waals surface area contributed by atoms with Crippen LogP contribution in [-0.2, 0) is 9.53 Å². The molecule has 2 aromatic rings. The number of benzene rings is 1. The predicted molar refractivity (Wildman–Crippen MR) is 89.6 cm³/mol. The molecule has 0 aliphatic carbocycles. The maximum absolute atomic E-state index is 12.1. The topological polar surface area (TPSA) is 67.4 Å². The summed E-state index contributed by atoms with van der Waals surface area (Å²) in [5.41, 5.74) is 5.27. The molecule has 1 N–H and O–H groups in total. The van der Waals surface area contributed by atoms with E-state index in [-0.39, 0.29) is 12.0 Å². The summed E-state index contributed by atoms with van der Waals surface area (Å²) in [6, 6.07) is 6.40. The van der Waals surface area contributed by atoms with Crippen molar-refractivity contribution in [2.75, 3.05) is 31.6 Å². The molecule has 0 radical (unpaired) electrons. The van der Waals surface area contributed by atoms with Gasteiger partial charge in [-0.25, -0.2) is 0 Å². The molecule has 0 spiro atoms. The minimum atomic E-state index is -0.0666. The first-order valence-electron chi connectivity index (χ1n) is 7.59. The van der Waals surface area contributed by atoms with Gasteiger partial charge in [0, 0.05) is 13.1 Å². The fourth-order valence-electron chi connectivity index (χ4n) is 2.81. The van der Waals surface area contributed by atoms with Gasteiger partial charge in [0.15, 0.2) is 0 Å². The summed E-state index contributed by atoms with van der Waals surface area (Å²) in [4.78, 5) is 14.2. The van der Waals surface area contributed by atoms with Gasteiger partial charge in [-0.2, -0.15) is 0 Å². The van der Waals surface area contributed by atoms with Crippen molar-refractivity contribution in [1.82, 2.24) is 15.1 Å². The molecule has 0 bridgehead atoms. The van der Waals surface area contributed by atoms with Crippen LogP contribution in [0.4, 0.5) is 5.13 Å². The quantitative estimate of drug-likeness (QED) is 0.929. The van der Waals surface area contributed by atoms with Gasteiger partial charge in [-0.05, 0) is 25.0 Å². The lowest BCUT2D eigenvalue weighted by atomic mass is 10.00. The van der Waals surface area contributed by atoms with Crippen molar-refractivity contribution in [3.63, 3.8) is 0 Å². The van der Waals surface area contributed by atoms with E-state index < -0.39 is 0 Å². The highest BCUT2D eigenvalue weighted by Gasteiger charge is 2.24. The fraction of sp³-hybridized carbons (Fsp3) is 0.438. The van der Waals surface area contributed by atoms with Gasteiger partial charge < -0.3 is 4.74 Å². The zero-order chi connectivity index (χ0) is 16.2. The molecule has 3 rings (SSSR count). The highest BCUT2D eigenvalue weighted by molar-refractivity contribution is 7.13. The van der Waals surface area contributed by atoms with Gasteiger partial charge in [0.25, 0.3) is 0 Å². The minimum absolute atomic E-state index is 0.0127. The number of nitrogens with one attached hydrogen (secondary N) is 1. The van der Waals surface area contributed by atoms with Gasteiger partial charge in [-0.1, -0.05) is 35.1 Å². The summed E-state index contributed by atoms with van der Waals surface area (Å²) < 4.78 is 5.91. The summed E-state index contributed by atoms with van der Waals surface area (Å²) >= 11 is 1.32. The Hall–Kier alpha value is -1.83. The maximum Gasteiger partial charge on any atom is 0.240 e. The van der Waals surface area contributed by atoms with Gasteiger partial charge in [0.05, 0.1) is 19.3 Å². The van der Waals surface area contributed by atoms with E-state index in [1.54, 1.807) is 5.51 Å². The van der Waals surface area contributed by atoms with Gasteiger partial charge in [0.2, 0.25) is 11.0 Å². The highest BCUT2D eigenvalue weighted by Crippen LogP contribution is 2.25. The van der Waals surface area contributed by atoms with Crippen molar-refractivity contribution < 1.29 is 9.53 Å². The number of aromatic nitrogens is 2. The van der Waals surface area contributed by atoms with Crippen LogP contribution in [0.1, 0.15) is 22.8 Å². The van der Waals surface area contributed by atoms with Crippen molar-refractivity contribution in [2.45, 2.75) is 20.0 Å². The molecule has 0 saturated carbocycles. The van der Waals surface area contributed by atoms with Crippen LogP contribution in [0.15, 0.2) is 23.7 Å². The second-order valence-corrected chi connectivity index (χ2v) is 6.58. The molecule has 1 aromatic carbocycles. The summed E-state index contributed by atoms with van der Waals surface area (Å²) in [7, 11) is 0. The Morgan fingerprint density at radius 1 is 1.48 bits per heavy atom. The summed E-state index contributed by atoms with van der Waals surface area (Å²) in [5.74, 6) is -0.0666. The third-order valence-electron chi connectivity index (χ3n) is 3.90. The predicted octanol–water partition coefficient (Wildman–Crippen LogP) is 2.17. The molecule has 1 saturated heterocycles. The van der Waals surface area contributed by atoms with Crippen LogP contribution in [0, 0.1) is 13.8 Å². The van der Waals surface area contributed by atoms with Crippen molar-refractivity contribution in [3.8, 4) is 0 Å². The summed E-state index contributed by atoms with van der Waals surface area (Å²) in [5, 5.41) is 10.8. The lowest BCUT2D eigenvalue weighted by Gasteiger charge is -2.33. The SMILES string of the molecule is Cc1ccc(C2CN(CC(=O)Nc3nncs3)CCO2)c(C)c1. The molecule has 7 heteroatoms. The number of morpholine rings is 1. The van der Waals surface area contributed by atoms with E-state index in [1.807, 2.05) is 0 Å². The van der Waals surface area contributed by atoms with Crippen molar-refractivity contribution >= 4 is 22.4 Å². The number of nitrogens with zero attached hydrogens (tertiary/aromatic N) is 3. The van der Waals surface area contributed by atoms with Crippen LogP contribution >= 0.6 is 11.3 Å². The number of amides is 1. The normalized spacial score (nSPS) is 18.8. The third kappa shape index (κ3) is 4.13. The fourth-order valence-corrected chi connectivity index (χ4v) is 3.27. The van der Waals surface area contributed by atoms with Gasteiger partial charge in [0.1, 0.15) is 5.51 Å². The minimum Gasteiger partial charge on any atom is -0.371 e. The lowest BCUT2D eigenvalue weighted by molar-refractivity contribution is -0.119. The zero-order valence-corrected chi connectivity index (χ0v) is 14.1. The van der Waals surface area contributed by atoms with E-state index in [0.29, 0.717) is 24.8 Å². The van der Waals surface area contributed by atoms with E-state index in [9.17, 15) is 4.79 Å². The Bertz CT molecular complexity index is 675. The molecule has 1 aliphatic rings. The Kier molecular flexibility index (Phi) is 5.00. The van der Waals surface area contributed by atoms with E-state index in [0.717, 1.165) is 6.54 Å². The van der Waals surface area contributed by atoms with E-state index in [1.165, 1.54) is 28.0 Å². The molecule has 1 fully saturated rings. The largest absolute Gasteiger partial charge is 0.371 e. The van der Waals surface area contributed by atoms with Crippen molar-refractivity contribution in [3.05, 3.63) is 40.4 Å². The second-order valence-electron chi connectivity index (χ2n) is 5.75. The molecule has 2 heterocycles. The Balaban J connectivity index is 1.60. The van der Waals surface area contributed by atoms with Crippen molar-refractivity contribution in [1.29, 1.82) is 0 Å². The Morgan fingerprint density at radius 3 is 3.09 bits per heavy atom. The first-order chi connectivity index (χ1) is 11.1. The zero-order valence-electron chi connectivity index (χ0n) is 13.3. The molecular weight excluding hydrogens is 312 g/mol. The summed E-state index contributed by atoms with van der Waals surface area (Å²) in [6.07, 6.45) is 0.0127. The number of hydrogen-bond acceptors (Lipinski definition) is 6. The molecular formula is C16H20N4O2S. The standard InChI is InChI=1S/C16H20N4O2S/c1-11-3-4-13(12(2)7-11)14-8-20(5-6-22-14)9-15(21)18-16-19-17-10-23-16/h3-4,7,10,14H,5-6,8-9H2,1-2H3,(H,18,19,21). The van der Waals surface area contributed by atoms with E-state index in [2.05, 4.69) is 52.5 Å². The van der Waals surface area contributed by atoms with Gasteiger partial charge >= 0.3 is 0 Å². The van der Waals surface area contributed by atoms with Gasteiger partial charge in [-0.3, -0.25) is 15.0 Å². The monoisotopic (exact) mass is 332 g/mol. The number of hydrogen-bond donors (Lipinski definition) is 1. The van der Waals surface area contributed by atoms with Crippen LogP contribution in [0.2, 0.25) is 0 Å². The number of rotatable bonds is 4. The first kappa shape index (κ1) is 16.0. The van der Waals surface area contributed by atoms with Crippen LogP contribution in [0.3, 0.4) is 0 Å². The molecule has 23 heavy (non-hydrogen) atoms. The Morgan fingerprint density at radius 2 is 2.35 bits per heavy atom. The lowest BCUT2D eigenvalue weighted by Crippen LogP contribution is -2.42. The van der Waals surface area contributed by atoms with Crippen LogP contribution in [0.25, 0.3) is 0 Å². The number of carbonyl (C=O) groups is 1. The van der Waals surface area contributed by atoms with Crippen molar-refractivity contribution in [2.24, 2.45) is 0 Å². The third-order valence-corrected chi connectivity index (χ3v) is 4.50. The number of aryl methyl sites for hydroxylation is 2. The Labute approximate surface area is 139 Å². The average Bonchev–Trinajstić information content (AvgIpc) is 3.00. The van der Waals surface area contributed by atoms with Gasteiger partial charge in [-0.15, -0.1) is 10.2 Å².